The molecule has 1 aliphatic rings. The smallest absolute Gasteiger partial charge is 0.220 e. The Hall–Kier alpha value is -3.77. The first-order chi connectivity index (χ1) is 17.7. The second-order valence-electron chi connectivity index (χ2n) is 9.49. The molecule has 0 bridgehead atoms. The van der Waals surface area contributed by atoms with Gasteiger partial charge in [0.1, 0.15) is 5.82 Å². The van der Waals surface area contributed by atoms with E-state index in [1.165, 1.54) is 22.3 Å². The van der Waals surface area contributed by atoms with Gasteiger partial charge in [-0.25, -0.2) is 0 Å². The van der Waals surface area contributed by atoms with Crippen molar-refractivity contribution in [3.63, 3.8) is 0 Å². The van der Waals surface area contributed by atoms with E-state index in [0.29, 0.717) is 6.42 Å². The predicted octanol–water partition coefficient (Wildman–Crippen LogP) is 4.81. The van der Waals surface area contributed by atoms with Gasteiger partial charge in [0.15, 0.2) is 5.82 Å². The number of hydrogen-bond acceptors (Lipinski definition) is 4. The summed E-state index contributed by atoms with van der Waals surface area (Å²) in [6.45, 7) is 5.59. The molecule has 1 N–H and O–H groups in total. The number of benzene rings is 3. The van der Waals surface area contributed by atoms with E-state index in [9.17, 15) is 4.79 Å². The molecular weight excluding hydrogens is 446 g/mol. The Balaban J connectivity index is 1.16. The van der Waals surface area contributed by atoms with Crippen LogP contribution in [-0.2, 0) is 30.7 Å². The van der Waals surface area contributed by atoms with Crippen LogP contribution in [0.1, 0.15) is 42.2 Å². The first-order valence-electron chi connectivity index (χ1n) is 12.8. The molecule has 1 aromatic heterocycles. The molecule has 0 aliphatic carbocycles. The molecule has 5 rings (SSSR count). The normalized spacial score (nSPS) is 14.6. The third kappa shape index (κ3) is 5.89. The highest BCUT2D eigenvalue weighted by atomic mass is 16.1. The molecule has 1 aliphatic heterocycles. The van der Waals surface area contributed by atoms with Gasteiger partial charge in [0.2, 0.25) is 5.91 Å². The molecule has 4 aromatic rings. The van der Waals surface area contributed by atoms with E-state index in [4.69, 9.17) is 0 Å². The lowest BCUT2D eigenvalue weighted by atomic mass is 10.0. The Morgan fingerprint density at radius 1 is 0.833 bits per heavy atom. The van der Waals surface area contributed by atoms with Gasteiger partial charge in [-0.3, -0.25) is 9.69 Å². The molecule has 0 saturated carbocycles. The third-order valence-electron chi connectivity index (χ3n) is 6.86. The zero-order valence-corrected chi connectivity index (χ0v) is 20.8. The van der Waals surface area contributed by atoms with E-state index in [0.717, 1.165) is 50.7 Å². The van der Waals surface area contributed by atoms with Crippen LogP contribution < -0.4 is 5.32 Å². The SMILES string of the molecule is C[C@@H](NC(=O)CCc1ccccc1)c1nnc2n1CCN(Cc1ccc(-c3ccccc3)cc1)CC2. The van der Waals surface area contributed by atoms with E-state index in [1.54, 1.807) is 0 Å². The average molecular weight is 480 g/mol. The largest absolute Gasteiger partial charge is 0.346 e. The number of rotatable bonds is 8. The summed E-state index contributed by atoms with van der Waals surface area (Å²) >= 11 is 0. The second kappa shape index (κ2) is 11.3. The number of nitrogens with one attached hydrogen (secondary N) is 1. The maximum absolute atomic E-state index is 12.6. The number of carbonyl (C=O) groups is 1. The lowest BCUT2D eigenvalue weighted by molar-refractivity contribution is -0.121. The van der Waals surface area contributed by atoms with Crippen LogP contribution in [0.4, 0.5) is 0 Å². The molecule has 0 radical (unpaired) electrons. The summed E-state index contributed by atoms with van der Waals surface area (Å²) in [4.78, 5) is 15.0. The Morgan fingerprint density at radius 3 is 2.28 bits per heavy atom. The van der Waals surface area contributed by atoms with Gasteiger partial charge in [0.05, 0.1) is 6.04 Å². The molecule has 1 amide bonds. The molecule has 0 fully saturated rings. The van der Waals surface area contributed by atoms with Crippen molar-refractivity contribution in [3.8, 4) is 11.1 Å². The first-order valence-corrected chi connectivity index (χ1v) is 12.8. The molecule has 3 aromatic carbocycles. The van der Waals surface area contributed by atoms with Crippen molar-refractivity contribution in [1.82, 2.24) is 25.0 Å². The van der Waals surface area contributed by atoms with E-state index >= 15 is 0 Å². The van der Waals surface area contributed by atoms with Crippen LogP contribution in [0.15, 0.2) is 84.9 Å². The fourth-order valence-corrected chi connectivity index (χ4v) is 4.84. The van der Waals surface area contributed by atoms with Crippen molar-refractivity contribution in [3.05, 3.63) is 108 Å². The number of amides is 1. The average Bonchev–Trinajstić information content (AvgIpc) is 3.23. The fourth-order valence-electron chi connectivity index (χ4n) is 4.84. The van der Waals surface area contributed by atoms with Crippen molar-refractivity contribution in [2.75, 3.05) is 13.1 Å². The Bertz CT molecular complexity index is 1270. The Kier molecular flexibility index (Phi) is 7.52. The standard InChI is InChI=1S/C30H33N5O/c1-23(31-29(36)17-14-24-8-4-2-5-9-24)30-33-32-28-18-19-34(20-21-35(28)30)22-25-12-15-27(16-13-25)26-10-6-3-7-11-26/h2-13,15-16,23H,14,17-22H2,1H3,(H,31,36)/t23-/m1/s1. The maximum atomic E-state index is 12.6. The molecule has 6 nitrogen and oxygen atoms in total. The van der Waals surface area contributed by atoms with Crippen LogP contribution in [0.3, 0.4) is 0 Å². The highest BCUT2D eigenvalue weighted by Crippen LogP contribution is 2.21. The minimum Gasteiger partial charge on any atom is -0.346 e. The second-order valence-corrected chi connectivity index (χ2v) is 9.49. The van der Waals surface area contributed by atoms with Crippen molar-refractivity contribution in [2.45, 2.75) is 45.3 Å². The number of hydrogen-bond donors (Lipinski definition) is 1. The van der Waals surface area contributed by atoms with E-state index in [-0.39, 0.29) is 11.9 Å². The summed E-state index contributed by atoms with van der Waals surface area (Å²) in [5.74, 6) is 1.88. The van der Waals surface area contributed by atoms with Gasteiger partial charge in [-0.15, -0.1) is 10.2 Å². The molecule has 2 heterocycles. The van der Waals surface area contributed by atoms with Crippen molar-refractivity contribution in [2.24, 2.45) is 0 Å². The predicted molar refractivity (Wildman–Crippen MR) is 142 cm³/mol. The maximum Gasteiger partial charge on any atom is 0.220 e. The molecule has 0 spiro atoms. The molecule has 36 heavy (non-hydrogen) atoms. The zero-order chi connectivity index (χ0) is 24.7. The summed E-state index contributed by atoms with van der Waals surface area (Å²) in [5.41, 5.74) is 4.97. The van der Waals surface area contributed by atoms with E-state index < -0.39 is 0 Å². The highest BCUT2D eigenvalue weighted by molar-refractivity contribution is 5.76. The number of fused-ring (bicyclic) bond motifs is 1. The zero-order valence-electron chi connectivity index (χ0n) is 20.8. The Labute approximate surface area is 213 Å². The minimum atomic E-state index is -0.174. The quantitative estimate of drug-likeness (QED) is 0.394. The highest BCUT2D eigenvalue weighted by Gasteiger charge is 2.22. The van der Waals surface area contributed by atoms with Crippen LogP contribution in [0, 0.1) is 0 Å². The van der Waals surface area contributed by atoms with Crippen LogP contribution in [-0.4, -0.2) is 38.7 Å². The lowest BCUT2D eigenvalue weighted by Crippen LogP contribution is -2.30. The van der Waals surface area contributed by atoms with Gasteiger partial charge < -0.3 is 9.88 Å². The summed E-state index contributed by atoms with van der Waals surface area (Å²) < 4.78 is 2.20. The first kappa shape index (κ1) is 23.9. The van der Waals surface area contributed by atoms with Crippen LogP contribution >= 0.6 is 0 Å². The fraction of sp³-hybridized carbons (Fsp3) is 0.300. The Morgan fingerprint density at radius 2 is 1.53 bits per heavy atom. The van der Waals surface area contributed by atoms with Gasteiger partial charge >= 0.3 is 0 Å². The van der Waals surface area contributed by atoms with Gasteiger partial charge in [-0.2, -0.15) is 0 Å². The van der Waals surface area contributed by atoms with E-state index in [2.05, 4.69) is 85.6 Å². The summed E-state index contributed by atoms with van der Waals surface area (Å²) in [5, 5.41) is 12.0. The molecule has 184 valence electrons. The third-order valence-corrected chi connectivity index (χ3v) is 6.86. The number of nitrogens with zero attached hydrogens (tertiary/aromatic N) is 4. The number of carbonyl (C=O) groups excluding carboxylic acids is 1. The summed E-state index contributed by atoms with van der Waals surface area (Å²) in [6.07, 6.45) is 2.05. The number of aromatic nitrogens is 3. The number of aryl methyl sites for hydroxylation is 1. The molecule has 1 atom stereocenters. The molecule has 0 saturated heterocycles. The van der Waals surface area contributed by atoms with Gasteiger partial charge in [0, 0.05) is 39.0 Å². The topological polar surface area (TPSA) is 63.1 Å². The summed E-state index contributed by atoms with van der Waals surface area (Å²) in [6, 6.07) is 29.3. The van der Waals surface area contributed by atoms with Crippen LogP contribution in [0.25, 0.3) is 11.1 Å². The van der Waals surface area contributed by atoms with Crippen molar-refractivity contribution >= 4 is 5.91 Å². The lowest BCUT2D eigenvalue weighted by Gasteiger charge is -2.20. The monoisotopic (exact) mass is 479 g/mol. The molecule has 0 unspecified atom stereocenters. The minimum absolute atomic E-state index is 0.0397. The van der Waals surface area contributed by atoms with Gasteiger partial charge in [-0.05, 0) is 35.6 Å². The molecular formula is C30H33N5O. The van der Waals surface area contributed by atoms with Gasteiger partial charge in [-0.1, -0.05) is 84.9 Å². The van der Waals surface area contributed by atoms with Crippen LogP contribution in [0.5, 0.6) is 0 Å². The van der Waals surface area contributed by atoms with E-state index in [1.807, 2.05) is 31.2 Å². The van der Waals surface area contributed by atoms with Crippen molar-refractivity contribution < 1.29 is 4.79 Å². The molecule has 6 heteroatoms. The summed E-state index contributed by atoms with van der Waals surface area (Å²) in [7, 11) is 0. The van der Waals surface area contributed by atoms with Crippen LogP contribution in [0.2, 0.25) is 0 Å². The van der Waals surface area contributed by atoms with Crippen molar-refractivity contribution in [1.29, 1.82) is 0 Å². The van der Waals surface area contributed by atoms with Gasteiger partial charge in [0.25, 0.3) is 0 Å².